The molecule has 0 radical (unpaired) electrons. The fourth-order valence-electron chi connectivity index (χ4n) is 3.30. The lowest BCUT2D eigenvalue weighted by atomic mass is 9.86. The second-order valence-corrected chi connectivity index (χ2v) is 6.45. The summed E-state index contributed by atoms with van der Waals surface area (Å²) < 4.78 is 0. The fraction of sp³-hybridized carbons (Fsp3) is 0.217. The maximum absolute atomic E-state index is 10.4. The van der Waals surface area contributed by atoms with Gasteiger partial charge in [-0.2, -0.15) is 0 Å². The number of aliphatic hydroxyl groups is 2. The van der Waals surface area contributed by atoms with Gasteiger partial charge in [0.05, 0.1) is 0 Å². The minimum absolute atomic E-state index is 0.258. The molecule has 25 heavy (non-hydrogen) atoms. The molecule has 0 aliphatic carbocycles. The summed E-state index contributed by atoms with van der Waals surface area (Å²) in [5.41, 5.74) is 3.07. The summed E-state index contributed by atoms with van der Waals surface area (Å²) >= 11 is 0. The SMILES string of the molecule is OC(O)(CCCC(c1ccccc1)c1ccccc1)c1ccccc1. The van der Waals surface area contributed by atoms with E-state index in [2.05, 4.69) is 48.5 Å². The van der Waals surface area contributed by atoms with Crippen LogP contribution < -0.4 is 0 Å². The molecule has 0 aromatic heterocycles. The molecule has 0 saturated carbocycles. The number of hydrogen-bond donors (Lipinski definition) is 2. The zero-order valence-electron chi connectivity index (χ0n) is 14.3. The van der Waals surface area contributed by atoms with Crippen LogP contribution in [0.4, 0.5) is 0 Å². The van der Waals surface area contributed by atoms with Crippen molar-refractivity contribution in [3.63, 3.8) is 0 Å². The van der Waals surface area contributed by atoms with Gasteiger partial charge < -0.3 is 10.2 Å². The molecule has 2 heteroatoms. The summed E-state index contributed by atoms with van der Waals surface area (Å²) in [5.74, 6) is -1.52. The van der Waals surface area contributed by atoms with Gasteiger partial charge in [-0.15, -0.1) is 0 Å². The normalized spacial score (nSPS) is 11.6. The van der Waals surface area contributed by atoms with Gasteiger partial charge in [-0.05, 0) is 24.0 Å². The van der Waals surface area contributed by atoms with Gasteiger partial charge in [-0.1, -0.05) is 91.0 Å². The predicted molar refractivity (Wildman–Crippen MR) is 101 cm³/mol. The quantitative estimate of drug-likeness (QED) is 0.609. The molecule has 0 heterocycles. The lowest BCUT2D eigenvalue weighted by molar-refractivity contribution is -0.175. The van der Waals surface area contributed by atoms with Gasteiger partial charge in [0.25, 0.3) is 0 Å². The van der Waals surface area contributed by atoms with E-state index in [4.69, 9.17) is 0 Å². The molecular formula is C23H24O2. The molecule has 2 N–H and O–H groups in total. The van der Waals surface area contributed by atoms with E-state index in [-0.39, 0.29) is 5.92 Å². The van der Waals surface area contributed by atoms with Crippen LogP contribution in [0.1, 0.15) is 41.9 Å². The topological polar surface area (TPSA) is 40.5 Å². The van der Waals surface area contributed by atoms with E-state index in [1.807, 2.05) is 30.3 Å². The van der Waals surface area contributed by atoms with Crippen molar-refractivity contribution >= 4 is 0 Å². The first-order chi connectivity index (χ1) is 12.2. The van der Waals surface area contributed by atoms with Crippen molar-refractivity contribution < 1.29 is 10.2 Å². The second kappa shape index (κ2) is 8.11. The van der Waals surface area contributed by atoms with Gasteiger partial charge in [0.1, 0.15) is 0 Å². The first-order valence-corrected chi connectivity index (χ1v) is 8.77. The Morgan fingerprint density at radius 1 is 0.640 bits per heavy atom. The summed E-state index contributed by atoms with van der Waals surface area (Å²) in [6, 6.07) is 29.9. The molecule has 0 saturated heterocycles. The summed E-state index contributed by atoms with van der Waals surface area (Å²) in [5, 5.41) is 20.8. The third-order valence-electron chi connectivity index (χ3n) is 4.66. The first kappa shape index (κ1) is 17.4. The second-order valence-electron chi connectivity index (χ2n) is 6.45. The summed E-state index contributed by atoms with van der Waals surface area (Å²) in [7, 11) is 0. The maximum atomic E-state index is 10.4. The van der Waals surface area contributed by atoms with Crippen molar-refractivity contribution in [2.45, 2.75) is 31.0 Å². The molecule has 3 rings (SSSR count). The molecule has 0 atom stereocenters. The Hall–Kier alpha value is -2.42. The van der Waals surface area contributed by atoms with Gasteiger partial charge in [0.15, 0.2) is 5.79 Å². The van der Waals surface area contributed by atoms with Crippen LogP contribution in [0.5, 0.6) is 0 Å². The van der Waals surface area contributed by atoms with Crippen molar-refractivity contribution in [2.75, 3.05) is 0 Å². The average molecular weight is 332 g/mol. The van der Waals surface area contributed by atoms with Crippen LogP contribution in [0.3, 0.4) is 0 Å². The van der Waals surface area contributed by atoms with Gasteiger partial charge >= 0.3 is 0 Å². The third-order valence-corrected chi connectivity index (χ3v) is 4.66. The van der Waals surface area contributed by atoms with Crippen molar-refractivity contribution in [3.05, 3.63) is 108 Å². The fourth-order valence-corrected chi connectivity index (χ4v) is 3.30. The predicted octanol–water partition coefficient (Wildman–Crippen LogP) is 4.83. The standard InChI is InChI=1S/C23H24O2/c24-23(25,21-15-8-3-9-16-21)18-10-17-22(19-11-4-1-5-12-19)20-13-6-2-7-14-20/h1-9,11-16,22,24-25H,10,17-18H2. The molecule has 0 aliphatic heterocycles. The van der Waals surface area contributed by atoms with Gasteiger partial charge in [-0.25, -0.2) is 0 Å². The van der Waals surface area contributed by atoms with E-state index in [9.17, 15) is 10.2 Å². The Kier molecular flexibility index (Phi) is 5.64. The van der Waals surface area contributed by atoms with Gasteiger partial charge in [-0.3, -0.25) is 0 Å². The molecule has 0 fully saturated rings. The van der Waals surface area contributed by atoms with Crippen molar-refractivity contribution in [1.82, 2.24) is 0 Å². The van der Waals surface area contributed by atoms with Crippen molar-refractivity contribution in [1.29, 1.82) is 0 Å². The van der Waals surface area contributed by atoms with Crippen molar-refractivity contribution in [2.24, 2.45) is 0 Å². The molecule has 0 aliphatic rings. The van der Waals surface area contributed by atoms with Crippen LogP contribution in [0.2, 0.25) is 0 Å². The molecular weight excluding hydrogens is 308 g/mol. The summed E-state index contributed by atoms with van der Waals surface area (Å²) in [6.45, 7) is 0. The largest absolute Gasteiger partial charge is 0.362 e. The maximum Gasteiger partial charge on any atom is 0.189 e. The Morgan fingerprint density at radius 3 is 1.56 bits per heavy atom. The lowest BCUT2D eigenvalue weighted by Crippen LogP contribution is -2.24. The zero-order chi connectivity index (χ0) is 17.5. The Morgan fingerprint density at radius 2 is 1.08 bits per heavy atom. The van der Waals surface area contributed by atoms with Crippen LogP contribution in [-0.2, 0) is 5.79 Å². The lowest BCUT2D eigenvalue weighted by Gasteiger charge is -2.24. The highest BCUT2D eigenvalue weighted by Crippen LogP contribution is 2.32. The van der Waals surface area contributed by atoms with Crippen LogP contribution in [-0.4, -0.2) is 10.2 Å². The molecule has 0 bridgehead atoms. The molecule has 0 unspecified atom stereocenters. The Bertz CT molecular complexity index is 712. The number of rotatable bonds is 7. The van der Waals surface area contributed by atoms with E-state index in [1.165, 1.54) is 11.1 Å². The first-order valence-electron chi connectivity index (χ1n) is 8.77. The van der Waals surface area contributed by atoms with Crippen LogP contribution >= 0.6 is 0 Å². The van der Waals surface area contributed by atoms with Gasteiger partial charge in [0.2, 0.25) is 0 Å². The summed E-state index contributed by atoms with van der Waals surface area (Å²) in [4.78, 5) is 0. The van der Waals surface area contributed by atoms with Gasteiger partial charge in [0, 0.05) is 17.9 Å². The van der Waals surface area contributed by atoms with E-state index < -0.39 is 5.79 Å². The molecule has 2 nitrogen and oxygen atoms in total. The smallest absolute Gasteiger partial charge is 0.189 e. The van der Waals surface area contributed by atoms with E-state index in [0.717, 1.165) is 12.8 Å². The highest BCUT2D eigenvalue weighted by molar-refractivity contribution is 5.32. The Balaban J connectivity index is 1.72. The number of hydrogen-bond acceptors (Lipinski definition) is 2. The molecule has 0 amide bonds. The number of benzene rings is 3. The third kappa shape index (κ3) is 4.56. The summed E-state index contributed by atoms with van der Waals surface area (Å²) in [6.07, 6.45) is 1.90. The zero-order valence-corrected chi connectivity index (χ0v) is 14.3. The van der Waals surface area contributed by atoms with Crippen molar-refractivity contribution in [3.8, 4) is 0 Å². The van der Waals surface area contributed by atoms with E-state index in [0.29, 0.717) is 12.0 Å². The monoisotopic (exact) mass is 332 g/mol. The molecule has 3 aromatic carbocycles. The molecule has 3 aromatic rings. The minimum Gasteiger partial charge on any atom is -0.362 e. The van der Waals surface area contributed by atoms with Crippen LogP contribution in [0, 0.1) is 0 Å². The molecule has 0 spiro atoms. The minimum atomic E-state index is -1.78. The molecule has 128 valence electrons. The highest BCUT2D eigenvalue weighted by Gasteiger charge is 2.25. The average Bonchev–Trinajstić information content (AvgIpc) is 2.67. The van der Waals surface area contributed by atoms with E-state index >= 15 is 0 Å². The van der Waals surface area contributed by atoms with Crippen LogP contribution in [0.25, 0.3) is 0 Å². The van der Waals surface area contributed by atoms with Crippen LogP contribution in [0.15, 0.2) is 91.0 Å². The Labute approximate surface area is 149 Å². The highest BCUT2D eigenvalue weighted by atomic mass is 16.5. The van der Waals surface area contributed by atoms with E-state index in [1.54, 1.807) is 12.1 Å².